The van der Waals surface area contributed by atoms with Crippen molar-refractivity contribution in [3.05, 3.63) is 53.4 Å². The SMILES string of the molecule is COc1ccc(S(=O)(=O)Nc2ccc(C3=CSC4=NCCN34)cc2)c(OC)c1. The first kappa shape index (κ1) is 18.7. The first-order valence-electron chi connectivity index (χ1n) is 8.56. The van der Waals surface area contributed by atoms with Gasteiger partial charge in [0.1, 0.15) is 16.4 Å². The third-order valence-electron chi connectivity index (χ3n) is 4.46. The van der Waals surface area contributed by atoms with Gasteiger partial charge in [-0.2, -0.15) is 0 Å². The van der Waals surface area contributed by atoms with Crippen molar-refractivity contribution in [3.8, 4) is 11.5 Å². The molecular formula is C19H19N3O4S2. The summed E-state index contributed by atoms with van der Waals surface area (Å²) in [5, 5.41) is 3.09. The van der Waals surface area contributed by atoms with Gasteiger partial charge in [-0.3, -0.25) is 9.71 Å². The smallest absolute Gasteiger partial charge is 0.265 e. The van der Waals surface area contributed by atoms with Gasteiger partial charge < -0.3 is 14.4 Å². The highest BCUT2D eigenvalue weighted by atomic mass is 32.2. The average molecular weight is 418 g/mol. The van der Waals surface area contributed by atoms with E-state index in [2.05, 4.69) is 20.0 Å². The molecule has 0 fully saturated rings. The monoisotopic (exact) mass is 417 g/mol. The van der Waals surface area contributed by atoms with Gasteiger partial charge in [0.2, 0.25) is 0 Å². The Balaban J connectivity index is 1.55. The first-order valence-corrected chi connectivity index (χ1v) is 10.9. The van der Waals surface area contributed by atoms with Gasteiger partial charge >= 0.3 is 0 Å². The highest BCUT2D eigenvalue weighted by Gasteiger charge is 2.27. The van der Waals surface area contributed by atoms with Crippen molar-refractivity contribution in [1.82, 2.24) is 4.90 Å². The van der Waals surface area contributed by atoms with Crippen molar-refractivity contribution in [2.75, 3.05) is 32.0 Å². The number of amidine groups is 1. The third-order valence-corrected chi connectivity index (χ3v) is 6.78. The summed E-state index contributed by atoms with van der Waals surface area (Å²) >= 11 is 1.61. The number of benzene rings is 2. The number of nitrogens with zero attached hydrogens (tertiary/aromatic N) is 2. The van der Waals surface area contributed by atoms with Crippen molar-refractivity contribution in [2.24, 2.45) is 4.99 Å². The van der Waals surface area contributed by atoms with Crippen LogP contribution in [0.2, 0.25) is 0 Å². The predicted molar refractivity (Wildman–Crippen MR) is 111 cm³/mol. The predicted octanol–water partition coefficient (Wildman–Crippen LogP) is 3.22. The molecule has 0 spiro atoms. The lowest BCUT2D eigenvalue weighted by atomic mass is 10.1. The Kier molecular flexibility index (Phi) is 4.94. The number of anilines is 1. The summed E-state index contributed by atoms with van der Waals surface area (Å²) in [7, 11) is -0.872. The van der Waals surface area contributed by atoms with Gasteiger partial charge in [0.05, 0.1) is 26.5 Å². The fourth-order valence-corrected chi connectivity index (χ4v) is 5.24. The molecule has 2 aromatic rings. The summed E-state index contributed by atoms with van der Waals surface area (Å²) < 4.78 is 38.5. The van der Waals surface area contributed by atoms with E-state index in [-0.39, 0.29) is 10.6 Å². The van der Waals surface area contributed by atoms with E-state index in [0.29, 0.717) is 11.4 Å². The number of aliphatic imine (C=N–C) groups is 1. The minimum Gasteiger partial charge on any atom is -0.497 e. The van der Waals surface area contributed by atoms with Gasteiger partial charge in [-0.15, -0.1) is 0 Å². The molecule has 2 aromatic carbocycles. The van der Waals surface area contributed by atoms with Crippen LogP contribution < -0.4 is 14.2 Å². The van der Waals surface area contributed by atoms with Crippen LogP contribution in [-0.4, -0.2) is 45.8 Å². The number of methoxy groups -OCH3 is 2. The zero-order chi connectivity index (χ0) is 19.7. The van der Waals surface area contributed by atoms with Gasteiger partial charge in [0.15, 0.2) is 5.17 Å². The Hall–Kier alpha value is -2.65. The number of hydrogen-bond acceptors (Lipinski definition) is 7. The second kappa shape index (κ2) is 7.40. The molecule has 2 heterocycles. The van der Waals surface area contributed by atoms with Crippen molar-refractivity contribution < 1.29 is 17.9 Å². The van der Waals surface area contributed by atoms with Crippen molar-refractivity contribution in [2.45, 2.75) is 4.90 Å². The van der Waals surface area contributed by atoms with Crippen molar-refractivity contribution in [3.63, 3.8) is 0 Å². The number of thioether (sulfide) groups is 1. The highest BCUT2D eigenvalue weighted by Crippen LogP contribution is 2.36. The van der Waals surface area contributed by atoms with Gasteiger partial charge in [-0.05, 0) is 29.8 Å². The molecule has 0 unspecified atom stereocenters. The molecule has 2 aliphatic rings. The van der Waals surface area contributed by atoms with Crippen LogP contribution in [0.15, 0.2) is 57.8 Å². The molecule has 0 aromatic heterocycles. The minimum absolute atomic E-state index is 0.0488. The van der Waals surface area contributed by atoms with Crippen LogP contribution >= 0.6 is 11.8 Å². The summed E-state index contributed by atoms with van der Waals surface area (Å²) in [4.78, 5) is 6.66. The number of hydrogen-bond donors (Lipinski definition) is 1. The Morgan fingerprint density at radius 2 is 1.89 bits per heavy atom. The largest absolute Gasteiger partial charge is 0.497 e. The molecule has 0 aliphatic carbocycles. The maximum absolute atomic E-state index is 12.8. The molecule has 0 radical (unpaired) electrons. The molecular weight excluding hydrogens is 398 g/mol. The molecule has 146 valence electrons. The molecule has 0 bridgehead atoms. The van der Waals surface area contributed by atoms with Crippen LogP contribution in [0.5, 0.6) is 11.5 Å². The summed E-state index contributed by atoms with van der Waals surface area (Å²) in [5.41, 5.74) is 2.58. The quantitative estimate of drug-likeness (QED) is 0.777. The molecule has 7 nitrogen and oxygen atoms in total. The van der Waals surface area contributed by atoms with Gasteiger partial charge in [-0.1, -0.05) is 23.9 Å². The van der Waals surface area contributed by atoms with Crippen LogP contribution in [0.3, 0.4) is 0 Å². The Bertz CT molecular complexity index is 1060. The molecule has 0 atom stereocenters. The van der Waals surface area contributed by atoms with E-state index in [0.717, 1.165) is 29.5 Å². The van der Waals surface area contributed by atoms with E-state index in [1.807, 2.05) is 12.1 Å². The molecule has 0 amide bonds. The number of rotatable bonds is 6. The van der Waals surface area contributed by atoms with Crippen LogP contribution in [0.25, 0.3) is 5.70 Å². The Morgan fingerprint density at radius 3 is 2.61 bits per heavy atom. The van der Waals surface area contributed by atoms with Crippen LogP contribution in [0.1, 0.15) is 5.56 Å². The molecule has 0 saturated carbocycles. The third kappa shape index (κ3) is 3.43. The zero-order valence-electron chi connectivity index (χ0n) is 15.4. The molecule has 2 aliphatic heterocycles. The zero-order valence-corrected chi connectivity index (χ0v) is 17.0. The average Bonchev–Trinajstić information content (AvgIpc) is 3.31. The summed E-state index contributed by atoms with van der Waals surface area (Å²) in [6.07, 6.45) is 0. The normalized spacial score (nSPS) is 15.7. The Labute approximate surface area is 168 Å². The summed E-state index contributed by atoms with van der Waals surface area (Å²) in [6, 6.07) is 11.9. The summed E-state index contributed by atoms with van der Waals surface area (Å²) in [5.74, 6) is 0.741. The summed E-state index contributed by atoms with van der Waals surface area (Å²) in [6.45, 7) is 1.68. The lowest BCUT2D eigenvalue weighted by Crippen LogP contribution is -2.19. The van der Waals surface area contributed by atoms with Crippen LogP contribution in [0.4, 0.5) is 5.69 Å². The number of ether oxygens (including phenoxy) is 2. The first-order chi connectivity index (χ1) is 13.5. The van der Waals surface area contributed by atoms with Gasteiger partial charge in [0, 0.05) is 23.7 Å². The maximum atomic E-state index is 12.8. The molecule has 1 N–H and O–H groups in total. The molecule has 28 heavy (non-hydrogen) atoms. The number of nitrogens with one attached hydrogen (secondary N) is 1. The minimum atomic E-state index is -3.81. The number of sulfonamides is 1. The van der Waals surface area contributed by atoms with Crippen molar-refractivity contribution in [1.29, 1.82) is 0 Å². The van der Waals surface area contributed by atoms with E-state index < -0.39 is 10.0 Å². The second-order valence-electron chi connectivity index (χ2n) is 6.14. The van der Waals surface area contributed by atoms with Crippen LogP contribution in [0, 0.1) is 0 Å². The lowest BCUT2D eigenvalue weighted by molar-refractivity contribution is 0.386. The van der Waals surface area contributed by atoms with Crippen molar-refractivity contribution >= 4 is 38.3 Å². The maximum Gasteiger partial charge on any atom is 0.265 e. The molecule has 9 heteroatoms. The molecule has 0 saturated heterocycles. The van der Waals surface area contributed by atoms with E-state index in [9.17, 15) is 8.42 Å². The number of fused-ring (bicyclic) bond motifs is 1. The van der Waals surface area contributed by atoms with E-state index >= 15 is 0 Å². The highest BCUT2D eigenvalue weighted by molar-refractivity contribution is 8.16. The van der Waals surface area contributed by atoms with E-state index in [1.165, 1.54) is 26.4 Å². The second-order valence-corrected chi connectivity index (χ2v) is 8.62. The van der Waals surface area contributed by atoms with Gasteiger partial charge in [0.25, 0.3) is 10.0 Å². The fraction of sp³-hybridized carbons (Fsp3) is 0.211. The Morgan fingerprint density at radius 1 is 1.11 bits per heavy atom. The van der Waals surface area contributed by atoms with Crippen LogP contribution in [-0.2, 0) is 10.0 Å². The lowest BCUT2D eigenvalue weighted by Gasteiger charge is -2.17. The fourth-order valence-electron chi connectivity index (χ4n) is 3.06. The van der Waals surface area contributed by atoms with E-state index in [1.54, 1.807) is 30.0 Å². The van der Waals surface area contributed by atoms with Gasteiger partial charge in [-0.25, -0.2) is 8.42 Å². The van der Waals surface area contributed by atoms with E-state index in [4.69, 9.17) is 9.47 Å². The topological polar surface area (TPSA) is 80.2 Å². The standard InChI is InChI=1S/C19H19N3O4S2/c1-25-15-7-8-18(17(11-15)26-2)28(23,24)21-14-5-3-13(4-6-14)16-12-27-19-20-9-10-22(16)19/h3-8,11-12,21H,9-10H2,1-2H3. The molecule has 4 rings (SSSR count).